The van der Waals surface area contributed by atoms with Gasteiger partial charge in [-0.15, -0.1) is 0 Å². The Labute approximate surface area is 147 Å². The summed E-state index contributed by atoms with van der Waals surface area (Å²) in [5.74, 6) is -0.0846. The van der Waals surface area contributed by atoms with E-state index in [0.717, 1.165) is 11.0 Å². The van der Waals surface area contributed by atoms with Crippen molar-refractivity contribution >= 4 is 40.6 Å². The molecule has 8 nitrogen and oxygen atoms in total. The number of hydrogen-bond donors (Lipinski definition) is 4. The highest BCUT2D eigenvalue weighted by Gasteiger charge is 2.06. The Morgan fingerprint density at radius 2 is 2.08 bits per heavy atom. The fourth-order valence-corrected chi connectivity index (χ4v) is 2.73. The van der Waals surface area contributed by atoms with Crippen LogP contribution in [0.1, 0.15) is 5.56 Å². The second kappa shape index (κ2) is 7.90. The van der Waals surface area contributed by atoms with E-state index in [1.165, 1.54) is 30.1 Å². The number of fused-ring (bicyclic) bond motifs is 1. The minimum Gasteiger partial charge on any atom is -0.595 e. The van der Waals surface area contributed by atoms with Gasteiger partial charge in [0, 0.05) is 12.1 Å². The Morgan fingerprint density at radius 3 is 2.80 bits per heavy atom. The van der Waals surface area contributed by atoms with Crippen LogP contribution in [-0.2, 0) is 4.79 Å². The van der Waals surface area contributed by atoms with Crippen LogP contribution in [0.3, 0.4) is 0 Å². The number of amides is 1. The molecule has 1 heterocycles. The zero-order valence-electron chi connectivity index (χ0n) is 13.0. The third-order valence-electron chi connectivity index (χ3n) is 3.27. The van der Waals surface area contributed by atoms with Crippen molar-refractivity contribution in [2.45, 2.75) is 5.16 Å². The van der Waals surface area contributed by atoms with Crippen molar-refractivity contribution < 1.29 is 15.2 Å². The van der Waals surface area contributed by atoms with Crippen molar-refractivity contribution in [3.8, 4) is 0 Å². The lowest BCUT2D eigenvalue weighted by atomic mass is 10.2. The van der Waals surface area contributed by atoms with E-state index in [2.05, 4.69) is 20.5 Å². The van der Waals surface area contributed by atoms with Crippen LogP contribution < -0.4 is 10.7 Å². The van der Waals surface area contributed by atoms with Gasteiger partial charge in [-0.3, -0.25) is 4.79 Å². The van der Waals surface area contributed by atoms with Crippen LogP contribution in [-0.4, -0.2) is 33.0 Å². The van der Waals surface area contributed by atoms with E-state index < -0.39 is 5.23 Å². The van der Waals surface area contributed by atoms with Gasteiger partial charge in [0.25, 0.3) is 5.91 Å². The number of aromatic nitrogens is 2. The molecule has 0 spiro atoms. The van der Waals surface area contributed by atoms with Gasteiger partial charge in [-0.25, -0.2) is 15.6 Å². The Balaban J connectivity index is 1.48. The highest BCUT2D eigenvalue weighted by atomic mass is 32.2. The number of hydrazone groups is 1. The maximum Gasteiger partial charge on any atom is 0.250 e. The number of thioether (sulfide) groups is 1. The number of carbonyl (C=O) groups excluding carboxylic acids is 1. The van der Waals surface area contributed by atoms with Gasteiger partial charge >= 0.3 is 0 Å². The number of rotatable bonds is 6. The third-order valence-corrected chi connectivity index (χ3v) is 4.14. The summed E-state index contributed by atoms with van der Waals surface area (Å²) >= 11 is 1.29. The molecule has 0 bridgehead atoms. The molecule has 0 aliphatic carbocycles. The normalized spacial score (nSPS) is 12.6. The molecular formula is C16H15N5O3S. The molecule has 0 saturated carbocycles. The fourth-order valence-electron chi connectivity index (χ4n) is 2.05. The Kier molecular flexibility index (Phi) is 5.41. The predicted molar refractivity (Wildman–Crippen MR) is 94.8 cm³/mol. The molecule has 2 aromatic carbocycles. The van der Waals surface area contributed by atoms with Crippen molar-refractivity contribution in [3.05, 3.63) is 59.3 Å². The summed E-state index contributed by atoms with van der Waals surface area (Å²) in [6.07, 6.45) is 1.45. The number of nitrogens with zero attached hydrogens (tertiary/aromatic N) is 2. The molecule has 128 valence electrons. The summed E-state index contributed by atoms with van der Waals surface area (Å²) in [7, 11) is 0. The largest absolute Gasteiger partial charge is 0.595 e. The Morgan fingerprint density at radius 1 is 1.32 bits per heavy atom. The molecule has 0 aliphatic rings. The topological polar surface area (TPSA) is 118 Å². The Bertz CT molecular complexity index is 859. The number of imidazole rings is 1. The van der Waals surface area contributed by atoms with E-state index in [9.17, 15) is 10.0 Å². The second-order valence-corrected chi connectivity index (χ2v) is 6.03. The van der Waals surface area contributed by atoms with Gasteiger partial charge in [0.2, 0.25) is 0 Å². The van der Waals surface area contributed by atoms with E-state index in [0.29, 0.717) is 10.7 Å². The molecule has 0 fully saturated rings. The van der Waals surface area contributed by atoms with Gasteiger partial charge in [0.05, 0.1) is 23.0 Å². The van der Waals surface area contributed by atoms with E-state index >= 15 is 0 Å². The second-order valence-electron chi connectivity index (χ2n) is 5.07. The average Bonchev–Trinajstić information content (AvgIpc) is 3.03. The molecule has 1 atom stereocenters. The maximum atomic E-state index is 11.8. The Hall–Kier alpha value is -2.72. The maximum absolute atomic E-state index is 11.8. The zero-order valence-corrected chi connectivity index (χ0v) is 13.8. The number of quaternary nitrogens is 1. The van der Waals surface area contributed by atoms with Gasteiger partial charge in [-0.1, -0.05) is 23.9 Å². The van der Waals surface area contributed by atoms with Gasteiger partial charge < -0.3 is 10.2 Å². The standard InChI is InChI=1S/C16H15N5O3S/c22-15(10-25-16-18-13-3-1-2-4-14(13)19-16)20-17-9-11-5-7-12(8-6-11)21(23)24/h1-9,21,23H,10H2,(H,18,19)(H,20,22)/b17-9+. The number of carbonyl (C=O) groups is 1. The first-order valence-corrected chi connectivity index (χ1v) is 8.33. The van der Waals surface area contributed by atoms with E-state index in [4.69, 9.17) is 5.21 Å². The van der Waals surface area contributed by atoms with Crippen molar-refractivity contribution in [1.82, 2.24) is 15.4 Å². The average molecular weight is 357 g/mol. The van der Waals surface area contributed by atoms with Gasteiger partial charge in [-0.05, 0) is 29.8 Å². The SMILES string of the molecule is O=C(CSc1nc2ccccc2[nH]1)N/N=C/c1ccc([NH+]([O-])O)cc1. The van der Waals surface area contributed by atoms with Crippen LogP contribution in [0.5, 0.6) is 0 Å². The quantitative estimate of drug-likeness (QED) is 0.300. The van der Waals surface area contributed by atoms with Gasteiger partial charge in [-0.2, -0.15) is 10.3 Å². The summed E-state index contributed by atoms with van der Waals surface area (Å²) in [5.41, 5.74) is 5.09. The molecular weight excluding hydrogens is 342 g/mol. The first-order chi connectivity index (χ1) is 12.1. The van der Waals surface area contributed by atoms with E-state index in [1.54, 1.807) is 12.1 Å². The molecule has 1 unspecified atom stereocenters. The molecule has 0 aliphatic heterocycles. The minimum absolute atomic E-state index is 0.176. The van der Waals surface area contributed by atoms with Crippen LogP contribution in [0.25, 0.3) is 11.0 Å². The molecule has 1 aromatic heterocycles. The minimum atomic E-state index is -0.987. The van der Waals surface area contributed by atoms with Crippen LogP contribution in [0.4, 0.5) is 5.69 Å². The van der Waals surface area contributed by atoms with Crippen molar-refractivity contribution in [2.24, 2.45) is 5.10 Å². The molecule has 9 heteroatoms. The summed E-state index contributed by atoms with van der Waals surface area (Å²) in [4.78, 5) is 19.3. The van der Waals surface area contributed by atoms with Gasteiger partial charge in [0.1, 0.15) is 0 Å². The molecule has 0 radical (unpaired) electrons. The molecule has 3 aromatic rings. The number of nitrogens with one attached hydrogen (secondary N) is 3. The van der Waals surface area contributed by atoms with Crippen LogP contribution >= 0.6 is 11.8 Å². The highest BCUT2D eigenvalue weighted by molar-refractivity contribution is 7.99. The molecule has 0 saturated heterocycles. The van der Waals surface area contributed by atoms with E-state index in [1.807, 2.05) is 24.3 Å². The number of H-pyrrole nitrogens is 1. The smallest absolute Gasteiger partial charge is 0.250 e. The monoisotopic (exact) mass is 357 g/mol. The van der Waals surface area contributed by atoms with Crippen LogP contribution in [0.15, 0.2) is 58.8 Å². The molecule has 4 N–H and O–H groups in total. The van der Waals surface area contributed by atoms with Crippen molar-refractivity contribution in [1.29, 1.82) is 0 Å². The van der Waals surface area contributed by atoms with Gasteiger partial charge in [0.15, 0.2) is 10.8 Å². The lowest BCUT2D eigenvalue weighted by molar-refractivity contribution is -0.991. The number of para-hydroxylation sites is 2. The zero-order chi connectivity index (χ0) is 17.6. The summed E-state index contributed by atoms with van der Waals surface area (Å²) in [6.45, 7) is 0. The predicted octanol–water partition coefficient (Wildman–Crippen LogP) is 1.21. The number of aromatic amines is 1. The van der Waals surface area contributed by atoms with Crippen molar-refractivity contribution in [3.63, 3.8) is 0 Å². The number of hydrogen-bond acceptors (Lipinski definition) is 6. The number of benzene rings is 2. The van der Waals surface area contributed by atoms with Crippen LogP contribution in [0.2, 0.25) is 0 Å². The lowest BCUT2D eigenvalue weighted by Crippen LogP contribution is -2.99. The fraction of sp³-hybridized carbons (Fsp3) is 0.0625. The molecule has 1 amide bonds. The van der Waals surface area contributed by atoms with Crippen LogP contribution in [0, 0.1) is 5.21 Å². The lowest BCUT2D eigenvalue weighted by Gasteiger charge is -2.10. The first kappa shape index (κ1) is 17.1. The third kappa shape index (κ3) is 4.64. The summed E-state index contributed by atoms with van der Waals surface area (Å²) in [5, 5.41) is 23.1. The highest BCUT2D eigenvalue weighted by Crippen LogP contribution is 2.18. The molecule has 3 rings (SSSR count). The molecule has 25 heavy (non-hydrogen) atoms. The first-order valence-electron chi connectivity index (χ1n) is 7.34. The van der Waals surface area contributed by atoms with E-state index in [-0.39, 0.29) is 17.3 Å². The van der Waals surface area contributed by atoms with Crippen molar-refractivity contribution in [2.75, 3.05) is 5.75 Å². The summed E-state index contributed by atoms with van der Waals surface area (Å²) < 4.78 is 0. The summed E-state index contributed by atoms with van der Waals surface area (Å²) in [6, 6.07) is 13.8.